The van der Waals surface area contributed by atoms with E-state index in [0.29, 0.717) is 6.42 Å². The van der Waals surface area contributed by atoms with E-state index in [9.17, 15) is 4.79 Å². The maximum atomic E-state index is 12.0. The fourth-order valence-electron chi connectivity index (χ4n) is 2.32. The Morgan fingerprint density at radius 1 is 1.15 bits per heavy atom. The number of carbonyl (C=O) groups is 1. The minimum atomic E-state index is 0.00139. The first-order valence-corrected chi connectivity index (χ1v) is 6.63. The quantitative estimate of drug-likeness (QED) is 0.745. The van der Waals surface area contributed by atoms with Crippen molar-refractivity contribution in [3.63, 3.8) is 0 Å². The summed E-state index contributed by atoms with van der Waals surface area (Å²) in [6.45, 7) is 2.01. The lowest BCUT2D eigenvalue weighted by Gasteiger charge is -2.06. The van der Waals surface area contributed by atoms with Crippen molar-refractivity contribution >= 4 is 22.5 Å². The van der Waals surface area contributed by atoms with Crippen LogP contribution in [0.3, 0.4) is 0 Å². The topological polar surface area (TPSA) is 44.9 Å². The second kappa shape index (κ2) is 5.21. The molecule has 3 aromatic rings. The Bertz CT molecular complexity index is 758. The third-order valence-corrected chi connectivity index (χ3v) is 3.29. The van der Waals surface area contributed by atoms with Crippen molar-refractivity contribution in [3.8, 4) is 0 Å². The minimum Gasteiger partial charge on any atom is -0.361 e. The second-order valence-electron chi connectivity index (χ2n) is 4.99. The maximum Gasteiger partial charge on any atom is 0.228 e. The van der Waals surface area contributed by atoms with Gasteiger partial charge in [0.05, 0.1) is 6.42 Å². The molecule has 0 atom stereocenters. The molecule has 0 fully saturated rings. The Morgan fingerprint density at radius 3 is 2.90 bits per heavy atom. The van der Waals surface area contributed by atoms with Crippen molar-refractivity contribution in [1.82, 2.24) is 4.98 Å². The number of aromatic amines is 1. The summed E-state index contributed by atoms with van der Waals surface area (Å²) >= 11 is 0. The molecule has 0 aliphatic heterocycles. The summed E-state index contributed by atoms with van der Waals surface area (Å²) < 4.78 is 0. The molecule has 0 spiro atoms. The number of aromatic nitrogens is 1. The zero-order valence-electron chi connectivity index (χ0n) is 11.3. The number of nitrogens with one attached hydrogen (secondary N) is 2. The van der Waals surface area contributed by atoms with E-state index in [2.05, 4.69) is 10.3 Å². The second-order valence-corrected chi connectivity index (χ2v) is 4.99. The van der Waals surface area contributed by atoms with Gasteiger partial charge >= 0.3 is 0 Å². The predicted molar refractivity (Wildman–Crippen MR) is 81.8 cm³/mol. The Balaban J connectivity index is 1.72. The summed E-state index contributed by atoms with van der Waals surface area (Å²) in [6.07, 6.45) is 2.28. The minimum absolute atomic E-state index is 0.00139. The lowest BCUT2D eigenvalue weighted by Crippen LogP contribution is -2.14. The highest BCUT2D eigenvalue weighted by Crippen LogP contribution is 2.15. The molecule has 0 saturated carbocycles. The molecule has 20 heavy (non-hydrogen) atoms. The first-order chi connectivity index (χ1) is 9.70. The molecule has 3 rings (SSSR count). The Labute approximate surface area is 117 Å². The Hall–Kier alpha value is -2.55. The molecule has 2 N–H and O–H groups in total. The summed E-state index contributed by atoms with van der Waals surface area (Å²) in [5.41, 5.74) is 4.04. The van der Waals surface area contributed by atoms with Crippen LogP contribution in [0.1, 0.15) is 11.1 Å². The SMILES string of the molecule is Cc1cccc(NC(=O)Cc2ccc3cc[nH]c3c2)c1. The number of fused-ring (bicyclic) bond motifs is 1. The highest BCUT2D eigenvalue weighted by atomic mass is 16.1. The molecule has 0 aliphatic carbocycles. The lowest BCUT2D eigenvalue weighted by molar-refractivity contribution is -0.115. The zero-order valence-corrected chi connectivity index (χ0v) is 11.3. The van der Waals surface area contributed by atoms with Crippen LogP contribution in [-0.4, -0.2) is 10.9 Å². The van der Waals surface area contributed by atoms with E-state index >= 15 is 0 Å². The molecule has 0 aliphatic rings. The van der Waals surface area contributed by atoms with Gasteiger partial charge in [0.25, 0.3) is 0 Å². The largest absolute Gasteiger partial charge is 0.361 e. The normalized spacial score (nSPS) is 10.7. The molecule has 0 bridgehead atoms. The van der Waals surface area contributed by atoms with Gasteiger partial charge in [-0.3, -0.25) is 4.79 Å². The van der Waals surface area contributed by atoms with Crippen LogP contribution in [-0.2, 0) is 11.2 Å². The molecule has 0 unspecified atom stereocenters. The van der Waals surface area contributed by atoms with Gasteiger partial charge in [0.2, 0.25) is 5.91 Å². The number of aryl methyl sites for hydroxylation is 1. The van der Waals surface area contributed by atoms with Gasteiger partial charge in [-0.2, -0.15) is 0 Å². The van der Waals surface area contributed by atoms with Crippen LogP contribution in [0.2, 0.25) is 0 Å². The first kappa shape index (κ1) is 12.5. The summed E-state index contributed by atoms with van der Waals surface area (Å²) in [7, 11) is 0. The van der Waals surface area contributed by atoms with Gasteiger partial charge in [-0.25, -0.2) is 0 Å². The van der Waals surface area contributed by atoms with E-state index in [1.807, 2.05) is 61.7 Å². The van der Waals surface area contributed by atoms with E-state index in [1.54, 1.807) is 0 Å². The lowest BCUT2D eigenvalue weighted by atomic mass is 10.1. The number of hydrogen-bond donors (Lipinski definition) is 2. The van der Waals surface area contributed by atoms with Crippen LogP contribution >= 0.6 is 0 Å². The van der Waals surface area contributed by atoms with E-state index in [-0.39, 0.29) is 5.91 Å². The summed E-state index contributed by atoms with van der Waals surface area (Å²) in [4.78, 5) is 15.2. The summed E-state index contributed by atoms with van der Waals surface area (Å²) in [5, 5.41) is 4.08. The fourth-order valence-corrected chi connectivity index (χ4v) is 2.32. The number of hydrogen-bond acceptors (Lipinski definition) is 1. The molecule has 1 amide bonds. The molecule has 1 heterocycles. The van der Waals surface area contributed by atoms with Crippen LogP contribution in [0.15, 0.2) is 54.7 Å². The van der Waals surface area contributed by atoms with Gasteiger partial charge < -0.3 is 10.3 Å². The number of H-pyrrole nitrogens is 1. The van der Waals surface area contributed by atoms with Crippen molar-refractivity contribution in [2.45, 2.75) is 13.3 Å². The molecule has 2 aromatic carbocycles. The molecular formula is C17H16N2O. The van der Waals surface area contributed by atoms with Gasteiger partial charge in [0, 0.05) is 17.4 Å². The number of amides is 1. The van der Waals surface area contributed by atoms with Crippen LogP contribution in [0, 0.1) is 6.92 Å². The van der Waals surface area contributed by atoms with Gasteiger partial charge in [-0.05, 0) is 47.7 Å². The first-order valence-electron chi connectivity index (χ1n) is 6.63. The van der Waals surface area contributed by atoms with Crippen molar-refractivity contribution in [2.75, 3.05) is 5.32 Å². The zero-order chi connectivity index (χ0) is 13.9. The average Bonchev–Trinajstić information content (AvgIpc) is 2.86. The van der Waals surface area contributed by atoms with E-state index < -0.39 is 0 Å². The third kappa shape index (κ3) is 2.72. The van der Waals surface area contributed by atoms with Crippen LogP contribution in [0.4, 0.5) is 5.69 Å². The molecule has 0 saturated heterocycles. The monoisotopic (exact) mass is 264 g/mol. The molecule has 0 radical (unpaired) electrons. The number of rotatable bonds is 3. The Kier molecular flexibility index (Phi) is 3.25. The standard InChI is InChI=1S/C17H16N2O/c1-12-3-2-4-15(9-12)19-17(20)11-13-5-6-14-7-8-18-16(14)10-13/h2-10,18H,11H2,1H3,(H,19,20). The van der Waals surface area contributed by atoms with Crippen LogP contribution in [0.5, 0.6) is 0 Å². The fraction of sp³-hybridized carbons (Fsp3) is 0.118. The molecule has 3 nitrogen and oxygen atoms in total. The van der Waals surface area contributed by atoms with Crippen LogP contribution < -0.4 is 5.32 Å². The van der Waals surface area contributed by atoms with E-state index in [1.165, 1.54) is 0 Å². The van der Waals surface area contributed by atoms with E-state index in [0.717, 1.165) is 27.7 Å². The van der Waals surface area contributed by atoms with Gasteiger partial charge in [0.1, 0.15) is 0 Å². The number of carbonyl (C=O) groups excluding carboxylic acids is 1. The average molecular weight is 264 g/mol. The number of anilines is 1. The van der Waals surface area contributed by atoms with Crippen LogP contribution in [0.25, 0.3) is 10.9 Å². The van der Waals surface area contributed by atoms with Crippen molar-refractivity contribution < 1.29 is 4.79 Å². The molecule has 3 heteroatoms. The van der Waals surface area contributed by atoms with Gasteiger partial charge in [0.15, 0.2) is 0 Å². The maximum absolute atomic E-state index is 12.0. The summed E-state index contributed by atoms with van der Waals surface area (Å²) in [6, 6.07) is 15.9. The van der Waals surface area contributed by atoms with Crippen molar-refractivity contribution in [2.24, 2.45) is 0 Å². The Morgan fingerprint density at radius 2 is 2.05 bits per heavy atom. The summed E-state index contributed by atoms with van der Waals surface area (Å²) in [5.74, 6) is 0.00139. The molecule has 1 aromatic heterocycles. The number of benzene rings is 2. The third-order valence-electron chi connectivity index (χ3n) is 3.29. The van der Waals surface area contributed by atoms with Gasteiger partial charge in [-0.15, -0.1) is 0 Å². The van der Waals surface area contributed by atoms with Crippen molar-refractivity contribution in [1.29, 1.82) is 0 Å². The van der Waals surface area contributed by atoms with Gasteiger partial charge in [-0.1, -0.05) is 24.3 Å². The predicted octanol–water partition coefficient (Wildman–Crippen LogP) is 3.66. The van der Waals surface area contributed by atoms with E-state index in [4.69, 9.17) is 0 Å². The molecule has 100 valence electrons. The van der Waals surface area contributed by atoms with Crippen molar-refractivity contribution in [3.05, 3.63) is 65.9 Å². The highest BCUT2D eigenvalue weighted by molar-refractivity contribution is 5.93. The molecular weight excluding hydrogens is 248 g/mol. The highest BCUT2D eigenvalue weighted by Gasteiger charge is 2.05. The smallest absolute Gasteiger partial charge is 0.228 e.